The van der Waals surface area contributed by atoms with E-state index in [-0.39, 0.29) is 34.7 Å². The van der Waals surface area contributed by atoms with Crippen LogP contribution >= 0.6 is 12.2 Å². The molecule has 8 heteroatoms. The molecule has 2 rings (SSSR count). The summed E-state index contributed by atoms with van der Waals surface area (Å²) in [6.45, 7) is 1.83. The monoisotopic (exact) mass is 307 g/mol. The second-order valence-corrected chi connectivity index (χ2v) is 4.38. The number of nitrogens with two attached hydrogens (primary N) is 1. The summed E-state index contributed by atoms with van der Waals surface area (Å²) < 4.78 is 10.3. The Balaban J connectivity index is 2.30. The van der Waals surface area contributed by atoms with Crippen LogP contribution in [0.4, 0.5) is 0 Å². The largest absolute Gasteiger partial charge is 0.507 e. The van der Waals surface area contributed by atoms with Crippen molar-refractivity contribution in [2.24, 2.45) is 10.8 Å². The predicted molar refractivity (Wildman–Crippen MR) is 79.3 cm³/mol. The minimum Gasteiger partial charge on any atom is -0.507 e. The molecule has 0 saturated heterocycles. The third-order valence-corrected chi connectivity index (χ3v) is 2.75. The van der Waals surface area contributed by atoms with Crippen LogP contribution in [0.15, 0.2) is 40.8 Å². The number of phenolic OH excluding ortho intramolecular Hbond substituents is 1. The Hall–Kier alpha value is -2.61. The molecule has 0 saturated carbocycles. The molecule has 0 spiro atoms. The fourth-order valence-electron chi connectivity index (χ4n) is 1.63. The lowest BCUT2D eigenvalue weighted by Gasteiger charge is -2.08. The first kappa shape index (κ1) is 14.8. The normalized spacial score (nSPS) is 15.6. The van der Waals surface area contributed by atoms with Crippen molar-refractivity contribution in [2.75, 3.05) is 6.61 Å². The van der Waals surface area contributed by atoms with Gasteiger partial charge in [-0.25, -0.2) is 10.2 Å². The summed E-state index contributed by atoms with van der Waals surface area (Å²) in [6, 6.07) is 6.48. The SMILES string of the molecule is CCOC(=O)C(C(N)=S)=C1NN=C(c2ccccc2O)O1. The van der Waals surface area contributed by atoms with Gasteiger partial charge in [-0.3, -0.25) is 0 Å². The van der Waals surface area contributed by atoms with Gasteiger partial charge in [0.25, 0.3) is 0 Å². The first-order chi connectivity index (χ1) is 10.0. The number of phenols is 1. The molecule has 1 aromatic carbocycles. The van der Waals surface area contributed by atoms with Crippen LogP contribution in [0.25, 0.3) is 0 Å². The molecule has 21 heavy (non-hydrogen) atoms. The highest BCUT2D eigenvalue weighted by molar-refractivity contribution is 7.80. The fourth-order valence-corrected chi connectivity index (χ4v) is 1.80. The van der Waals surface area contributed by atoms with E-state index in [4.69, 9.17) is 27.4 Å². The predicted octanol–water partition coefficient (Wildman–Crippen LogP) is 0.734. The maximum atomic E-state index is 11.8. The Labute approximate surface area is 126 Å². The van der Waals surface area contributed by atoms with E-state index < -0.39 is 5.97 Å². The van der Waals surface area contributed by atoms with E-state index in [1.54, 1.807) is 25.1 Å². The molecule has 0 radical (unpaired) electrons. The number of thiocarbonyl (C=S) groups is 1. The summed E-state index contributed by atoms with van der Waals surface area (Å²) in [5, 5.41) is 13.6. The van der Waals surface area contributed by atoms with Crippen LogP contribution < -0.4 is 11.2 Å². The minimum absolute atomic E-state index is 0.00712. The number of nitrogens with one attached hydrogen (secondary N) is 1. The molecule has 1 aliphatic rings. The molecule has 7 nitrogen and oxygen atoms in total. The average molecular weight is 307 g/mol. The first-order valence-electron chi connectivity index (χ1n) is 6.05. The molecule has 0 bridgehead atoms. The van der Waals surface area contributed by atoms with Gasteiger partial charge in [0.05, 0.1) is 12.2 Å². The Morgan fingerprint density at radius 1 is 1.52 bits per heavy atom. The van der Waals surface area contributed by atoms with Gasteiger partial charge in [0.15, 0.2) is 5.57 Å². The molecule has 110 valence electrons. The zero-order valence-electron chi connectivity index (χ0n) is 11.1. The van der Waals surface area contributed by atoms with Crippen molar-refractivity contribution in [3.05, 3.63) is 41.3 Å². The third kappa shape index (κ3) is 3.11. The number of ether oxygens (including phenoxy) is 2. The number of hydrazone groups is 1. The van der Waals surface area contributed by atoms with E-state index in [9.17, 15) is 9.90 Å². The summed E-state index contributed by atoms with van der Waals surface area (Å²) in [5.41, 5.74) is 8.29. The Kier molecular flexibility index (Phi) is 4.39. The first-order valence-corrected chi connectivity index (χ1v) is 6.46. The van der Waals surface area contributed by atoms with Crippen LogP contribution in [-0.2, 0) is 14.3 Å². The molecular weight excluding hydrogens is 294 g/mol. The summed E-state index contributed by atoms with van der Waals surface area (Å²) in [6.07, 6.45) is 0. The van der Waals surface area contributed by atoms with Crippen molar-refractivity contribution < 1.29 is 19.4 Å². The number of nitrogens with zero attached hydrogens (tertiary/aromatic N) is 1. The molecule has 0 amide bonds. The topological polar surface area (TPSA) is 106 Å². The van der Waals surface area contributed by atoms with E-state index in [2.05, 4.69) is 10.5 Å². The number of esters is 1. The van der Waals surface area contributed by atoms with Crippen LogP contribution in [0, 0.1) is 0 Å². The van der Waals surface area contributed by atoms with Gasteiger partial charge in [-0.15, -0.1) is 5.10 Å². The molecule has 0 fully saturated rings. The Morgan fingerprint density at radius 3 is 2.86 bits per heavy atom. The molecule has 4 N–H and O–H groups in total. The molecule has 1 aliphatic heterocycles. The smallest absolute Gasteiger partial charge is 0.346 e. The number of carbonyl (C=O) groups excluding carboxylic acids is 1. The zero-order chi connectivity index (χ0) is 15.4. The van der Waals surface area contributed by atoms with Crippen molar-refractivity contribution in [3.8, 4) is 5.75 Å². The fraction of sp³-hybridized carbons (Fsp3) is 0.154. The number of hydrogen-bond donors (Lipinski definition) is 3. The standard InChI is InChI=1S/C13H13N3O4S/c1-2-19-13(18)9(10(14)21)12-16-15-11(20-12)7-5-3-4-6-8(7)17/h3-6,16-17H,2H2,1H3,(H2,14,21). The summed E-state index contributed by atoms with van der Waals surface area (Å²) >= 11 is 4.82. The second-order valence-electron chi connectivity index (χ2n) is 3.94. The number of rotatable bonds is 4. The van der Waals surface area contributed by atoms with Crippen LogP contribution in [0.5, 0.6) is 5.75 Å². The highest BCUT2D eigenvalue weighted by atomic mass is 32.1. The van der Waals surface area contributed by atoms with Crippen molar-refractivity contribution in [1.82, 2.24) is 5.43 Å². The van der Waals surface area contributed by atoms with Crippen molar-refractivity contribution in [2.45, 2.75) is 6.92 Å². The van der Waals surface area contributed by atoms with E-state index >= 15 is 0 Å². The zero-order valence-corrected chi connectivity index (χ0v) is 11.9. The summed E-state index contributed by atoms with van der Waals surface area (Å²) in [7, 11) is 0. The van der Waals surface area contributed by atoms with Crippen molar-refractivity contribution in [3.63, 3.8) is 0 Å². The molecule has 1 aromatic rings. The molecular formula is C13H13N3O4S. The highest BCUT2D eigenvalue weighted by Crippen LogP contribution is 2.22. The van der Waals surface area contributed by atoms with Crippen LogP contribution in [0.2, 0.25) is 0 Å². The number of carbonyl (C=O) groups is 1. The maximum absolute atomic E-state index is 11.8. The number of para-hydroxylation sites is 1. The molecule has 0 aliphatic carbocycles. The van der Waals surface area contributed by atoms with Gasteiger partial charge in [-0.2, -0.15) is 0 Å². The van der Waals surface area contributed by atoms with Gasteiger partial charge < -0.3 is 20.3 Å². The minimum atomic E-state index is -0.707. The van der Waals surface area contributed by atoms with Crippen molar-refractivity contribution in [1.29, 1.82) is 0 Å². The van der Waals surface area contributed by atoms with E-state index in [0.717, 1.165) is 0 Å². The lowest BCUT2D eigenvalue weighted by Crippen LogP contribution is -2.25. The molecule has 1 heterocycles. The van der Waals surface area contributed by atoms with Gasteiger partial charge >= 0.3 is 5.97 Å². The summed E-state index contributed by atoms with van der Waals surface area (Å²) in [5.74, 6) is -0.645. The van der Waals surface area contributed by atoms with Gasteiger partial charge in [0.2, 0.25) is 11.8 Å². The number of hydrogen-bond acceptors (Lipinski definition) is 7. The Morgan fingerprint density at radius 2 is 2.24 bits per heavy atom. The van der Waals surface area contributed by atoms with Crippen LogP contribution in [-0.4, -0.2) is 28.6 Å². The number of benzene rings is 1. The summed E-state index contributed by atoms with van der Waals surface area (Å²) in [4.78, 5) is 11.6. The highest BCUT2D eigenvalue weighted by Gasteiger charge is 2.27. The lowest BCUT2D eigenvalue weighted by atomic mass is 10.2. The lowest BCUT2D eigenvalue weighted by molar-refractivity contribution is -0.138. The maximum Gasteiger partial charge on any atom is 0.346 e. The van der Waals surface area contributed by atoms with Crippen LogP contribution in [0.1, 0.15) is 12.5 Å². The Bertz CT molecular complexity index is 655. The van der Waals surface area contributed by atoms with Crippen LogP contribution in [0.3, 0.4) is 0 Å². The van der Waals surface area contributed by atoms with Gasteiger partial charge in [-0.05, 0) is 19.1 Å². The second kappa shape index (κ2) is 6.23. The van der Waals surface area contributed by atoms with E-state index in [1.165, 1.54) is 6.07 Å². The molecule has 0 atom stereocenters. The van der Waals surface area contributed by atoms with E-state index in [1.807, 2.05) is 0 Å². The average Bonchev–Trinajstić information content (AvgIpc) is 2.88. The number of aromatic hydroxyl groups is 1. The van der Waals surface area contributed by atoms with Gasteiger partial charge in [-0.1, -0.05) is 24.4 Å². The van der Waals surface area contributed by atoms with Gasteiger partial charge in [0.1, 0.15) is 10.7 Å². The van der Waals surface area contributed by atoms with Crippen molar-refractivity contribution >= 4 is 29.1 Å². The van der Waals surface area contributed by atoms with Gasteiger partial charge in [0, 0.05) is 0 Å². The quantitative estimate of drug-likeness (QED) is 0.428. The molecule has 0 unspecified atom stereocenters. The van der Waals surface area contributed by atoms with E-state index in [0.29, 0.717) is 5.56 Å². The molecule has 0 aromatic heterocycles. The third-order valence-electron chi connectivity index (χ3n) is 2.55.